The summed E-state index contributed by atoms with van der Waals surface area (Å²) in [5.74, 6) is -0.986. The number of nitrogens with one attached hydrogen (secondary N) is 3. The van der Waals surface area contributed by atoms with Crippen molar-refractivity contribution in [3.63, 3.8) is 0 Å². The molecule has 0 aliphatic heterocycles. The van der Waals surface area contributed by atoms with Gasteiger partial charge in [0, 0.05) is 37.2 Å². The van der Waals surface area contributed by atoms with Gasteiger partial charge in [-0.25, -0.2) is 4.39 Å². The van der Waals surface area contributed by atoms with Crippen LogP contribution in [0.1, 0.15) is 16.8 Å². The van der Waals surface area contributed by atoms with E-state index in [2.05, 4.69) is 16.0 Å². The Balaban J connectivity index is 1.80. The van der Waals surface area contributed by atoms with Gasteiger partial charge in [-0.15, -0.1) is 0 Å². The number of carbonyl (C=O) groups is 2. The average molecular weight is 394 g/mol. The third kappa shape index (κ3) is 6.88. The molecule has 27 heavy (non-hydrogen) atoms. The number of carbonyl (C=O) groups excluding carboxylic acids is 2. The zero-order valence-corrected chi connectivity index (χ0v) is 15.6. The lowest BCUT2D eigenvalue weighted by atomic mass is 10.2. The van der Waals surface area contributed by atoms with E-state index in [4.69, 9.17) is 16.3 Å². The Morgan fingerprint density at radius 2 is 1.81 bits per heavy atom. The zero-order valence-electron chi connectivity index (χ0n) is 14.9. The standard InChI is InChI=1S/C19H21ClFN3O3/c1-27-10-2-9-22-19(26)13-3-5-14(6-4-13)24-18(25)12-23-15-7-8-17(21)16(20)11-15/h3-8,11,23H,2,9-10,12H2,1H3,(H,22,26)(H,24,25). The molecule has 0 heterocycles. The Labute approximate surface area is 162 Å². The SMILES string of the molecule is COCCCNC(=O)c1ccc(NC(=O)CNc2ccc(F)c(Cl)c2)cc1. The molecule has 0 aliphatic rings. The summed E-state index contributed by atoms with van der Waals surface area (Å²) in [6.45, 7) is 1.11. The van der Waals surface area contributed by atoms with Crippen molar-refractivity contribution in [1.82, 2.24) is 5.32 Å². The first kappa shape index (κ1) is 20.7. The minimum atomic E-state index is -0.519. The zero-order chi connectivity index (χ0) is 19.6. The van der Waals surface area contributed by atoms with Crippen molar-refractivity contribution < 1.29 is 18.7 Å². The second-order valence-electron chi connectivity index (χ2n) is 5.71. The van der Waals surface area contributed by atoms with Gasteiger partial charge in [-0.2, -0.15) is 0 Å². The molecule has 2 rings (SSSR count). The highest BCUT2D eigenvalue weighted by Crippen LogP contribution is 2.19. The lowest BCUT2D eigenvalue weighted by Gasteiger charge is -2.09. The van der Waals surface area contributed by atoms with E-state index in [1.807, 2.05) is 0 Å². The monoisotopic (exact) mass is 393 g/mol. The number of benzene rings is 2. The summed E-state index contributed by atoms with van der Waals surface area (Å²) in [6, 6.07) is 10.7. The quantitative estimate of drug-likeness (QED) is 0.571. The molecule has 2 amide bonds. The number of hydrogen-bond acceptors (Lipinski definition) is 4. The molecular weight excluding hydrogens is 373 g/mol. The van der Waals surface area contributed by atoms with Crippen LogP contribution in [0, 0.1) is 5.82 Å². The molecule has 6 nitrogen and oxygen atoms in total. The van der Waals surface area contributed by atoms with Crippen LogP contribution >= 0.6 is 11.6 Å². The number of methoxy groups -OCH3 is 1. The van der Waals surface area contributed by atoms with Crippen LogP contribution in [0.25, 0.3) is 0 Å². The predicted molar refractivity (Wildman–Crippen MR) is 104 cm³/mol. The number of halogens is 2. The molecule has 2 aromatic rings. The highest BCUT2D eigenvalue weighted by molar-refractivity contribution is 6.31. The molecule has 0 saturated carbocycles. The molecule has 3 N–H and O–H groups in total. The molecule has 144 valence electrons. The van der Waals surface area contributed by atoms with E-state index in [1.54, 1.807) is 31.4 Å². The molecule has 0 bridgehead atoms. The number of amides is 2. The van der Waals surface area contributed by atoms with E-state index in [-0.39, 0.29) is 23.4 Å². The third-order valence-electron chi connectivity index (χ3n) is 3.61. The molecule has 8 heteroatoms. The Morgan fingerprint density at radius 3 is 2.48 bits per heavy atom. The Kier molecular flexibility index (Phi) is 8.03. The molecule has 0 unspecified atom stereocenters. The number of rotatable bonds is 9. The maximum Gasteiger partial charge on any atom is 0.251 e. The van der Waals surface area contributed by atoms with Crippen LogP contribution in [0.4, 0.5) is 15.8 Å². The van der Waals surface area contributed by atoms with Crippen LogP contribution in [0.3, 0.4) is 0 Å². The summed E-state index contributed by atoms with van der Waals surface area (Å²) in [5, 5.41) is 8.34. The molecule has 0 saturated heterocycles. The van der Waals surface area contributed by atoms with Gasteiger partial charge in [-0.05, 0) is 48.9 Å². The van der Waals surface area contributed by atoms with E-state index in [0.717, 1.165) is 6.42 Å². The Bertz CT molecular complexity index is 784. The fraction of sp³-hybridized carbons (Fsp3) is 0.263. The molecule has 0 atom stereocenters. The fourth-order valence-electron chi connectivity index (χ4n) is 2.22. The highest BCUT2D eigenvalue weighted by atomic mass is 35.5. The first-order valence-corrected chi connectivity index (χ1v) is 8.73. The summed E-state index contributed by atoms with van der Waals surface area (Å²) >= 11 is 5.69. The van der Waals surface area contributed by atoms with Crippen LogP contribution in [-0.2, 0) is 9.53 Å². The normalized spacial score (nSPS) is 10.3. The van der Waals surface area contributed by atoms with Gasteiger partial charge >= 0.3 is 0 Å². The number of ether oxygens (including phenoxy) is 1. The number of anilines is 2. The van der Waals surface area contributed by atoms with Crippen molar-refractivity contribution in [3.05, 3.63) is 58.9 Å². The van der Waals surface area contributed by atoms with Crippen LogP contribution in [0.5, 0.6) is 0 Å². The van der Waals surface area contributed by atoms with Crippen molar-refractivity contribution in [3.8, 4) is 0 Å². The minimum Gasteiger partial charge on any atom is -0.385 e. The molecular formula is C19H21ClFN3O3. The van der Waals surface area contributed by atoms with Crippen molar-refractivity contribution in [2.75, 3.05) is 37.4 Å². The van der Waals surface area contributed by atoms with E-state index in [9.17, 15) is 14.0 Å². The average Bonchev–Trinajstić information content (AvgIpc) is 2.66. The number of hydrogen-bond donors (Lipinski definition) is 3. The summed E-state index contributed by atoms with van der Waals surface area (Å²) in [5.41, 5.74) is 1.61. The Morgan fingerprint density at radius 1 is 1.11 bits per heavy atom. The smallest absolute Gasteiger partial charge is 0.251 e. The van der Waals surface area contributed by atoms with E-state index < -0.39 is 5.82 Å². The van der Waals surface area contributed by atoms with Crippen molar-refractivity contribution in [2.24, 2.45) is 0 Å². The molecule has 0 fully saturated rings. The van der Waals surface area contributed by atoms with Gasteiger partial charge in [0.15, 0.2) is 0 Å². The van der Waals surface area contributed by atoms with Crippen LogP contribution < -0.4 is 16.0 Å². The molecule has 0 aromatic heterocycles. The first-order valence-electron chi connectivity index (χ1n) is 8.35. The molecule has 2 aromatic carbocycles. The third-order valence-corrected chi connectivity index (χ3v) is 3.90. The van der Waals surface area contributed by atoms with Crippen molar-refractivity contribution >= 4 is 34.8 Å². The summed E-state index contributed by atoms with van der Waals surface area (Å²) in [6.07, 6.45) is 0.739. The van der Waals surface area contributed by atoms with Gasteiger partial charge in [0.1, 0.15) is 5.82 Å². The van der Waals surface area contributed by atoms with Crippen molar-refractivity contribution in [1.29, 1.82) is 0 Å². The van der Waals surface area contributed by atoms with Gasteiger partial charge in [0.25, 0.3) is 5.91 Å². The highest BCUT2D eigenvalue weighted by Gasteiger charge is 2.07. The van der Waals surface area contributed by atoms with Gasteiger partial charge < -0.3 is 20.7 Å². The van der Waals surface area contributed by atoms with E-state index >= 15 is 0 Å². The van der Waals surface area contributed by atoms with Crippen LogP contribution in [-0.4, -0.2) is 38.6 Å². The molecule has 0 spiro atoms. The van der Waals surface area contributed by atoms with Crippen LogP contribution in [0.15, 0.2) is 42.5 Å². The van der Waals surface area contributed by atoms with E-state index in [1.165, 1.54) is 18.2 Å². The summed E-state index contributed by atoms with van der Waals surface area (Å²) < 4.78 is 18.0. The summed E-state index contributed by atoms with van der Waals surface area (Å²) in [4.78, 5) is 24.0. The second kappa shape index (κ2) is 10.5. The minimum absolute atomic E-state index is 0.0102. The lowest BCUT2D eigenvalue weighted by Crippen LogP contribution is -2.25. The Hall–Kier alpha value is -2.64. The maximum absolute atomic E-state index is 13.1. The van der Waals surface area contributed by atoms with Crippen molar-refractivity contribution in [2.45, 2.75) is 6.42 Å². The van der Waals surface area contributed by atoms with Gasteiger partial charge in [0.05, 0.1) is 11.6 Å². The predicted octanol–water partition coefficient (Wildman–Crippen LogP) is 3.30. The van der Waals surface area contributed by atoms with Gasteiger partial charge in [-0.3, -0.25) is 9.59 Å². The van der Waals surface area contributed by atoms with Crippen LogP contribution in [0.2, 0.25) is 5.02 Å². The molecule has 0 aliphatic carbocycles. The fourth-order valence-corrected chi connectivity index (χ4v) is 2.40. The first-order chi connectivity index (χ1) is 13.0. The summed E-state index contributed by atoms with van der Waals surface area (Å²) in [7, 11) is 1.61. The maximum atomic E-state index is 13.1. The van der Waals surface area contributed by atoms with E-state index in [0.29, 0.717) is 30.1 Å². The topological polar surface area (TPSA) is 79.5 Å². The van der Waals surface area contributed by atoms with Gasteiger partial charge in [0.2, 0.25) is 5.91 Å². The van der Waals surface area contributed by atoms with Gasteiger partial charge in [-0.1, -0.05) is 11.6 Å². The lowest BCUT2D eigenvalue weighted by molar-refractivity contribution is -0.114. The largest absolute Gasteiger partial charge is 0.385 e. The second-order valence-corrected chi connectivity index (χ2v) is 6.12. The molecule has 0 radical (unpaired) electrons.